The van der Waals surface area contributed by atoms with Gasteiger partial charge in [0.05, 0.1) is 5.38 Å². The van der Waals surface area contributed by atoms with E-state index in [1.165, 1.54) is 22.3 Å². The molecule has 0 saturated heterocycles. The summed E-state index contributed by atoms with van der Waals surface area (Å²) in [5.41, 5.74) is 3.50. The van der Waals surface area contributed by atoms with Gasteiger partial charge in [0.2, 0.25) is 5.88 Å². The number of hydrogen-bond donors (Lipinski definition) is 1. The van der Waals surface area contributed by atoms with Gasteiger partial charge >= 0.3 is 6.16 Å². The highest BCUT2D eigenvalue weighted by molar-refractivity contribution is 7.09. The Kier molecular flexibility index (Phi) is 4.77. The van der Waals surface area contributed by atoms with Crippen LogP contribution in [0.25, 0.3) is 11.1 Å². The van der Waals surface area contributed by atoms with Gasteiger partial charge < -0.3 is 14.6 Å². The molecule has 0 unspecified atom stereocenters. The molecule has 3 rings (SSSR count). The van der Waals surface area contributed by atoms with E-state index in [0.717, 1.165) is 16.9 Å². The Hall–Kier alpha value is -2.86. The maximum atomic E-state index is 10.4. The molecular formula is C18H15NO4S. The number of rotatable bonds is 5. The predicted octanol–water partition coefficient (Wildman–Crippen LogP) is 4.75. The van der Waals surface area contributed by atoms with Gasteiger partial charge in [0, 0.05) is 0 Å². The maximum absolute atomic E-state index is 10.4. The maximum Gasteiger partial charge on any atom is 0.512 e. The predicted molar refractivity (Wildman–Crippen MR) is 91.7 cm³/mol. The van der Waals surface area contributed by atoms with Gasteiger partial charge in [-0.3, -0.25) is 0 Å². The summed E-state index contributed by atoms with van der Waals surface area (Å²) in [5.74, 6) is 0.794. The number of hydrogen-bond acceptors (Lipinski definition) is 5. The molecule has 0 saturated carbocycles. The SMILES string of the molecule is Cc1ccc(-c2ccc(OCc3nc(OC(=O)O)cs3)cc2)cc1. The number of carbonyl (C=O) groups is 1. The van der Waals surface area contributed by atoms with Crippen LogP contribution in [-0.2, 0) is 6.61 Å². The molecule has 0 amide bonds. The topological polar surface area (TPSA) is 68.7 Å². The lowest BCUT2D eigenvalue weighted by Gasteiger charge is -2.06. The highest BCUT2D eigenvalue weighted by atomic mass is 32.1. The lowest BCUT2D eigenvalue weighted by Crippen LogP contribution is -2.03. The Morgan fingerprint density at radius 2 is 1.71 bits per heavy atom. The van der Waals surface area contributed by atoms with E-state index in [4.69, 9.17) is 9.84 Å². The average molecular weight is 341 g/mol. The first-order valence-corrected chi connectivity index (χ1v) is 8.13. The van der Waals surface area contributed by atoms with Crippen molar-refractivity contribution in [3.63, 3.8) is 0 Å². The van der Waals surface area contributed by atoms with Crippen LogP contribution in [0, 0.1) is 6.92 Å². The van der Waals surface area contributed by atoms with Gasteiger partial charge in [-0.2, -0.15) is 0 Å². The number of aryl methyl sites for hydroxylation is 1. The number of thiazole rings is 1. The third-order valence-corrected chi connectivity index (χ3v) is 4.12. The highest BCUT2D eigenvalue weighted by Gasteiger charge is 2.07. The lowest BCUT2D eigenvalue weighted by molar-refractivity contribution is 0.142. The highest BCUT2D eigenvalue weighted by Crippen LogP contribution is 2.24. The summed E-state index contributed by atoms with van der Waals surface area (Å²) in [7, 11) is 0. The molecule has 5 nitrogen and oxygen atoms in total. The number of nitrogens with zero attached hydrogens (tertiary/aromatic N) is 1. The van der Waals surface area contributed by atoms with Crippen molar-refractivity contribution in [1.82, 2.24) is 4.98 Å². The summed E-state index contributed by atoms with van der Waals surface area (Å²) in [6.45, 7) is 2.32. The van der Waals surface area contributed by atoms with Gasteiger partial charge in [0.15, 0.2) is 0 Å². The minimum atomic E-state index is -1.38. The normalized spacial score (nSPS) is 10.4. The van der Waals surface area contributed by atoms with Crippen LogP contribution in [0.2, 0.25) is 0 Å². The second-order valence-corrected chi connectivity index (χ2v) is 6.07. The standard InChI is InChI=1S/C18H15NO4S/c1-12-2-4-13(5-3-12)14-6-8-15(9-7-14)22-10-17-19-16(11-24-17)23-18(20)21/h2-9,11H,10H2,1H3,(H,20,21). The number of ether oxygens (including phenoxy) is 2. The Morgan fingerprint density at radius 3 is 2.33 bits per heavy atom. The summed E-state index contributed by atoms with van der Waals surface area (Å²) < 4.78 is 10.1. The number of carboxylic acid groups (broad SMARTS) is 1. The van der Waals surface area contributed by atoms with E-state index < -0.39 is 6.16 Å². The Labute approximate surface area is 143 Å². The fraction of sp³-hybridized carbons (Fsp3) is 0.111. The third kappa shape index (κ3) is 4.11. The molecule has 0 fully saturated rings. The van der Waals surface area contributed by atoms with E-state index in [2.05, 4.69) is 40.9 Å². The molecule has 0 aliphatic rings. The largest absolute Gasteiger partial charge is 0.512 e. The summed E-state index contributed by atoms with van der Waals surface area (Å²) in [6.07, 6.45) is -1.38. The minimum Gasteiger partial charge on any atom is -0.486 e. The van der Waals surface area contributed by atoms with E-state index in [1.807, 2.05) is 24.3 Å². The van der Waals surface area contributed by atoms with Crippen molar-refractivity contribution in [1.29, 1.82) is 0 Å². The van der Waals surface area contributed by atoms with Crippen LogP contribution in [-0.4, -0.2) is 16.2 Å². The number of benzene rings is 2. The molecule has 24 heavy (non-hydrogen) atoms. The van der Waals surface area contributed by atoms with Gasteiger partial charge in [-0.05, 0) is 30.2 Å². The Bertz CT molecular complexity index is 825. The zero-order chi connectivity index (χ0) is 16.9. The average Bonchev–Trinajstić information content (AvgIpc) is 3.01. The summed E-state index contributed by atoms with van der Waals surface area (Å²) in [6, 6.07) is 16.1. The van der Waals surface area contributed by atoms with Gasteiger partial charge in [-0.15, -0.1) is 11.3 Å². The molecule has 0 aliphatic heterocycles. The van der Waals surface area contributed by atoms with Gasteiger partial charge in [0.25, 0.3) is 0 Å². The van der Waals surface area contributed by atoms with Crippen LogP contribution < -0.4 is 9.47 Å². The molecule has 0 aliphatic carbocycles. The van der Waals surface area contributed by atoms with E-state index in [1.54, 1.807) is 0 Å². The molecule has 0 bridgehead atoms. The van der Waals surface area contributed by atoms with Crippen molar-refractivity contribution in [2.45, 2.75) is 13.5 Å². The molecule has 0 spiro atoms. The van der Waals surface area contributed by atoms with Crippen molar-refractivity contribution >= 4 is 17.5 Å². The minimum absolute atomic E-state index is 0.0702. The first kappa shape index (κ1) is 16.0. The quantitative estimate of drug-likeness (QED) is 0.678. The van der Waals surface area contributed by atoms with Gasteiger partial charge in [-0.25, -0.2) is 9.78 Å². The van der Waals surface area contributed by atoms with Crippen LogP contribution in [0.1, 0.15) is 10.6 Å². The van der Waals surface area contributed by atoms with Crippen molar-refractivity contribution in [2.24, 2.45) is 0 Å². The van der Waals surface area contributed by atoms with Crippen molar-refractivity contribution in [2.75, 3.05) is 0 Å². The van der Waals surface area contributed by atoms with E-state index >= 15 is 0 Å². The molecule has 6 heteroatoms. The summed E-state index contributed by atoms with van der Waals surface area (Å²) in [5, 5.41) is 10.7. The smallest absolute Gasteiger partial charge is 0.486 e. The third-order valence-electron chi connectivity index (χ3n) is 3.32. The molecule has 1 aromatic heterocycles. The molecule has 0 radical (unpaired) electrons. The first-order chi connectivity index (χ1) is 11.6. The van der Waals surface area contributed by atoms with Crippen LogP contribution in [0.3, 0.4) is 0 Å². The van der Waals surface area contributed by atoms with Crippen LogP contribution >= 0.6 is 11.3 Å². The fourth-order valence-corrected chi connectivity index (χ4v) is 2.74. The van der Waals surface area contributed by atoms with Crippen LogP contribution in [0.5, 0.6) is 11.6 Å². The molecular weight excluding hydrogens is 326 g/mol. The number of aromatic nitrogens is 1. The Morgan fingerprint density at radius 1 is 1.08 bits per heavy atom. The van der Waals surface area contributed by atoms with Gasteiger partial charge in [0.1, 0.15) is 17.4 Å². The van der Waals surface area contributed by atoms with E-state index in [9.17, 15) is 4.79 Å². The zero-order valence-electron chi connectivity index (χ0n) is 12.9. The van der Waals surface area contributed by atoms with Crippen molar-refractivity contribution in [3.05, 3.63) is 64.5 Å². The fourth-order valence-electron chi connectivity index (χ4n) is 2.13. The molecule has 1 heterocycles. The second-order valence-electron chi connectivity index (χ2n) is 5.13. The lowest BCUT2D eigenvalue weighted by atomic mass is 10.0. The van der Waals surface area contributed by atoms with Gasteiger partial charge in [-0.1, -0.05) is 42.0 Å². The Balaban J connectivity index is 1.61. The second kappa shape index (κ2) is 7.14. The van der Waals surface area contributed by atoms with Crippen molar-refractivity contribution < 1.29 is 19.4 Å². The zero-order valence-corrected chi connectivity index (χ0v) is 13.7. The summed E-state index contributed by atoms with van der Waals surface area (Å²) >= 11 is 1.29. The molecule has 0 atom stereocenters. The van der Waals surface area contributed by atoms with E-state index in [-0.39, 0.29) is 12.5 Å². The van der Waals surface area contributed by atoms with Crippen LogP contribution in [0.4, 0.5) is 4.79 Å². The van der Waals surface area contributed by atoms with Crippen LogP contribution in [0.15, 0.2) is 53.9 Å². The van der Waals surface area contributed by atoms with Crippen molar-refractivity contribution in [3.8, 4) is 22.8 Å². The molecule has 2 aromatic carbocycles. The monoisotopic (exact) mass is 341 g/mol. The molecule has 122 valence electrons. The first-order valence-electron chi connectivity index (χ1n) is 7.25. The summed E-state index contributed by atoms with van der Waals surface area (Å²) in [4.78, 5) is 14.5. The van der Waals surface area contributed by atoms with E-state index in [0.29, 0.717) is 5.01 Å². The molecule has 1 N–H and O–H groups in total. The molecule has 3 aromatic rings.